The standard InChI is InChI=1S/C22H23FN2O4/c1-15(26)29-20-4-2-3-17(14-20)22(28)25-11-9-19(10-12-25)24-21(27)13-16-5-7-18(23)8-6-16/h2-8,14,19H,9-13H2,1H3,(H,24,27). The summed E-state index contributed by atoms with van der Waals surface area (Å²) in [4.78, 5) is 37.7. The topological polar surface area (TPSA) is 75.7 Å². The lowest BCUT2D eigenvalue weighted by Crippen LogP contribution is -2.46. The van der Waals surface area contributed by atoms with Crippen LogP contribution in [0.15, 0.2) is 48.5 Å². The van der Waals surface area contributed by atoms with Gasteiger partial charge in [0.1, 0.15) is 11.6 Å². The molecule has 6 nitrogen and oxygen atoms in total. The summed E-state index contributed by atoms with van der Waals surface area (Å²) in [7, 11) is 0. The number of carbonyl (C=O) groups is 3. The molecule has 1 saturated heterocycles. The van der Waals surface area contributed by atoms with Crippen LogP contribution in [0.1, 0.15) is 35.7 Å². The summed E-state index contributed by atoms with van der Waals surface area (Å²) in [6, 6.07) is 12.4. The fourth-order valence-electron chi connectivity index (χ4n) is 3.33. The average molecular weight is 398 g/mol. The van der Waals surface area contributed by atoms with Crippen LogP contribution in [0.3, 0.4) is 0 Å². The molecule has 0 saturated carbocycles. The summed E-state index contributed by atoms with van der Waals surface area (Å²) in [5.41, 5.74) is 1.21. The van der Waals surface area contributed by atoms with E-state index >= 15 is 0 Å². The Morgan fingerprint density at radius 2 is 1.79 bits per heavy atom. The highest BCUT2D eigenvalue weighted by atomic mass is 19.1. The average Bonchev–Trinajstić information content (AvgIpc) is 2.69. The van der Waals surface area contributed by atoms with Gasteiger partial charge in [0.05, 0.1) is 6.42 Å². The molecule has 3 rings (SSSR count). The number of nitrogens with one attached hydrogen (secondary N) is 1. The minimum Gasteiger partial charge on any atom is -0.427 e. The number of ether oxygens (including phenoxy) is 1. The minimum absolute atomic E-state index is 0.000575. The maximum absolute atomic E-state index is 12.9. The molecule has 0 atom stereocenters. The molecule has 152 valence electrons. The lowest BCUT2D eigenvalue weighted by molar-refractivity contribution is -0.131. The molecular formula is C22H23FN2O4. The number of rotatable bonds is 5. The summed E-state index contributed by atoms with van der Waals surface area (Å²) >= 11 is 0. The molecule has 1 fully saturated rings. The summed E-state index contributed by atoms with van der Waals surface area (Å²) in [6.07, 6.45) is 1.51. The summed E-state index contributed by atoms with van der Waals surface area (Å²) in [5.74, 6) is -0.673. The SMILES string of the molecule is CC(=O)Oc1cccc(C(=O)N2CCC(NC(=O)Cc3ccc(F)cc3)CC2)c1. The number of likely N-dealkylation sites (tertiary alicyclic amines) is 1. The van der Waals surface area contributed by atoms with Gasteiger partial charge >= 0.3 is 5.97 Å². The van der Waals surface area contributed by atoms with E-state index in [4.69, 9.17) is 4.74 Å². The van der Waals surface area contributed by atoms with E-state index in [-0.39, 0.29) is 30.1 Å². The monoisotopic (exact) mass is 398 g/mol. The van der Waals surface area contributed by atoms with Gasteiger partial charge in [-0.1, -0.05) is 18.2 Å². The number of nitrogens with zero attached hydrogens (tertiary/aromatic N) is 1. The summed E-state index contributed by atoms with van der Waals surface area (Å²) < 4.78 is 18.0. The summed E-state index contributed by atoms with van der Waals surface area (Å²) in [5, 5.41) is 2.98. The van der Waals surface area contributed by atoms with Crippen molar-refractivity contribution in [1.82, 2.24) is 10.2 Å². The molecule has 0 unspecified atom stereocenters. The lowest BCUT2D eigenvalue weighted by Gasteiger charge is -2.32. The molecule has 0 aromatic heterocycles. The van der Waals surface area contributed by atoms with Crippen LogP contribution in [0.5, 0.6) is 5.75 Å². The van der Waals surface area contributed by atoms with Gasteiger partial charge < -0.3 is 15.0 Å². The number of amides is 2. The predicted octanol–water partition coefficient (Wildman–Crippen LogP) is 2.71. The molecule has 29 heavy (non-hydrogen) atoms. The molecule has 7 heteroatoms. The number of hydrogen-bond donors (Lipinski definition) is 1. The molecule has 2 aromatic carbocycles. The lowest BCUT2D eigenvalue weighted by atomic mass is 10.0. The largest absolute Gasteiger partial charge is 0.427 e. The highest BCUT2D eigenvalue weighted by Gasteiger charge is 2.25. The first-order valence-corrected chi connectivity index (χ1v) is 9.52. The van der Waals surface area contributed by atoms with Crippen molar-refractivity contribution in [3.8, 4) is 5.75 Å². The van der Waals surface area contributed by atoms with Gasteiger partial charge in [-0.3, -0.25) is 14.4 Å². The Labute approximate surface area is 168 Å². The van der Waals surface area contributed by atoms with Gasteiger partial charge in [0.15, 0.2) is 0 Å². The van der Waals surface area contributed by atoms with Gasteiger partial charge in [0.25, 0.3) is 5.91 Å². The van der Waals surface area contributed by atoms with Crippen LogP contribution in [-0.4, -0.2) is 41.8 Å². The summed E-state index contributed by atoms with van der Waals surface area (Å²) in [6.45, 7) is 2.36. The fourth-order valence-corrected chi connectivity index (χ4v) is 3.33. The van der Waals surface area contributed by atoms with Crippen LogP contribution >= 0.6 is 0 Å². The van der Waals surface area contributed by atoms with Crippen molar-refractivity contribution < 1.29 is 23.5 Å². The maximum atomic E-state index is 12.9. The second-order valence-corrected chi connectivity index (χ2v) is 7.06. The van der Waals surface area contributed by atoms with Crippen LogP contribution in [0, 0.1) is 5.82 Å². The first-order valence-electron chi connectivity index (χ1n) is 9.52. The Bertz CT molecular complexity index is 890. The van der Waals surface area contributed by atoms with E-state index in [2.05, 4.69) is 5.32 Å². The minimum atomic E-state index is -0.438. The molecule has 0 aliphatic carbocycles. The van der Waals surface area contributed by atoms with E-state index in [9.17, 15) is 18.8 Å². The van der Waals surface area contributed by atoms with Crippen molar-refractivity contribution in [1.29, 1.82) is 0 Å². The molecule has 0 radical (unpaired) electrons. The van der Waals surface area contributed by atoms with Crippen molar-refractivity contribution in [2.75, 3.05) is 13.1 Å². The molecule has 1 aliphatic heterocycles. The third-order valence-corrected chi connectivity index (χ3v) is 4.77. The normalized spacial score (nSPS) is 14.3. The number of esters is 1. The van der Waals surface area contributed by atoms with Crippen molar-refractivity contribution in [2.24, 2.45) is 0 Å². The van der Waals surface area contributed by atoms with E-state index in [0.29, 0.717) is 37.2 Å². The molecule has 0 spiro atoms. The third kappa shape index (κ3) is 5.88. The molecule has 1 heterocycles. The number of benzene rings is 2. The van der Waals surface area contributed by atoms with Crippen molar-refractivity contribution in [2.45, 2.75) is 32.2 Å². The van der Waals surface area contributed by atoms with Gasteiger partial charge in [-0.15, -0.1) is 0 Å². The highest BCUT2D eigenvalue weighted by Crippen LogP contribution is 2.18. The molecule has 0 bridgehead atoms. The highest BCUT2D eigenvalue weighted by molar-refractivity contribution is 5.94. The maximum Gasteiger partial charge on any atom is 0.308 e. The van der Waals surface area contributed by atoms with Gasteiger partial charge in [0.2, 0.25) is 5.91 Å². The van der Waals surface area contributed by atoms with Crippen molar-refractivity contribution in [3.05, 3.63) is 65.5 Å². The molecule has 1 N–H and O–H groups in total. The molecule has 2 aromatic rings. The van der Waals surface area contributed by atoms with Crippen LogP contribution in [0.2, 0.25) is 0 Å². The van der Waals surface area contributed by atoms with E-state index < -0.39 is 5.97 Å². The van der Waals surface area contributed by atoms with E-state index in [1.54, 1.807) is 41.3 Å². The zero-order valence-corrected chi connectivity index (χ0v) is 16.2. The van der Waals surface area contributed by atoms with Crippen LogP contribution in [0.4, 0.5) is 4.39 Å². The molecular weight excluding hydrogens is 375 g/mol. The number of piperidine rings is 1. The Morgan fingerprint density at radius 3 is 2.45 bits per heavy atom. The van der Waals surface area contributed by atoms with Crippen LogP contribution in [-0.2, 0) is 16.0 Å². The van der Waals surface area contributed by atoms with Gasteiger partial charge in [-0.25, -0.2) is 4.39 Å². The van der Waals surface area contributed by atoms with Crippen molar-refractivity contribution >= 4 is 17.8 Å². The van der Waals surface area contributed by atoms with Crippen LogP contribution in [0.25, 0.3) is 0 Å². The number of carbonyl (C=O) groups excluding carboxylic acids is 3. The van der Waals surface area contributed by atoms with E-state index in [1.807, 2.05) is 0 Å². The van der Waals surface area contributed by atoms with Crippen molar-refractivity contribution in [3.63, 3.8) is 0 Å². The van der Waals surface area contributed by atoms with E-state index in [0.717, 1.165) is 5.56 Å². The third-order valence-electron chi connectivity index (χ3n) is 4.77. The smallest absolute Gasteiger partial charge is 0.308 e. The Balaban J connectivity index is 1.49. The number of halogens is 1. The first kappa shape index (κ1) is 20.5. The zero-order valence-electron chi connectivity index (χ0n) is 16.2. The second kappa shape index (κ2) is 9.32. The second-order valence-electron chi connectivity index (χ2n) is 7.06. The fraction of sp³-hybridized carbons (Fsp3) is 0.318. The number of hydrogen-bond acceptors (Lipinski definition) is 4. The molecule has 1 aliphatic rings. The van der Waals surface area contributed by atoms with E-state index in [1.165, 1.54) is 19.1 Å². The zero-order chi connectivity index (χ0) is 20.8. The Hall–Kier alpha value is -3.22. The quantitative estimate of drug-likeness (QED) is 0.621. The Morgan fingerprint density at radius 1 is 1.10 bits per heavy atom. The molecule has 2 amide bonds. The Kier molecular flexibility index (Phi) is 6.59. The van der Waals surface area contributed by atoms with Crippen LogP contribution < -0.4 is 10.1 Å². The van der Waals surface area contributed by atoms with Gasteiger partial charge in [-0.05, 0) is 48.7 Å². The van der Waals surface area contributed by atoms with Gasteiger partial charge in [0, 0.05) is 31.6 Å². The van der Waals surface area contributed by atoms with Gasteiger partial charge in [-0.2, -0.15) is 0 Å². The predicted molar refractivity (Wildman–Crippen MR) is 105 cm³/mol. The first-order chi connectivity index (χ1) is 13.9.